The molecule has 7 rings (SSSR count). The second-order valence-corrected chi connectivity index (χ2v) is 11.3. The zero-order chi connectivity index (χ0) is 29.5. The van der Waals surface area contributed by atoms with E-state index in [4.69, 9.17) is 4.74 Å². The third-order valence-corrected chi connectivity index (χ3v) is 8.82. The number of anilines is 1. The second kappa shape index (κ2) is 11.0. The van der Waals surface area contributed by atoms with Crippen molar-refractivity contribution in [2.45, 2.75) is 51.0 Å². The monoisotopic (exact) mass is 564 g/mol. The van der Waals surface area contributed by atoms with E-state index in [0.29, 0.717) is 17.7 Å². The van der Waals surface area contributed by atoms with E-state index >= 15 is 0 Å². The molecule has 0 aromatic heterocycles. The number of carbonyl (C=O) groups excluding carboxylic acids is 5. The Kier molecular flexibility index (Phi) is 7.22. The third-order valence-electron chi connectivity index (χ3n) is 8.82. The van der Waals surface area contributed by atoms with Gasteiger partial charge in [0.2, 0.25) is 11.8 Å². The highest BCUT2D eigenvalue weighted by Crippen LogP contribution is 2.61. The number of benzene rings is 3. The van der Waals surface area contributed by atoms with Crippen LogP contribution in [0.25, 0.3) is 0 Å². The number of ketones is 1. The number of rotatable bonds is 9. The lowest BCUT2D eigenvalue weighted by atomic mass is 9.55. The molecule has 0 unspecified atom stereocenters. The molecular weight excluding hydrogens is 532 g/mol. The van der Waals surface area contributed by atoms with Gasteiger partial charge in [-0.1, -0.05) is 68.3 Å². The van der Waals surface area contributed by atoms with Gasteiger partial charge in [0.25, 0.3) is 5.91 Å². The Morgan fingerprint density at radius 2 is 1.31 bits per heavy atom. The van der Waals surface area contributed by atoms with Crippen LogP contribution in [0.2, 0.25) is 0 Å². The number of hydrogen-bond donors (Lipinski definition) is 1. The molecule has 1 N–H and O–H groups in total. The van der Waals surface area contributed by atoms with Crippen LogP contribution < -0.4 is 5.32 Å². The van der Waals surface area contributed by atoms with Crippen LogP contribution in [-0.4, -0.2) is 47.0 Å². The Bertz CT molecular complexity index is 1480. The average Bonchev–Trinajstić information content (AvgIpc) is 3.26. The Labute approximate surface area is 244 Å². The van der Waals surface area contributed by atoms with Crippen molar-refractivity contribution >= 4 is 35.2 Å². The fourth-order valence-corrected chi connectivity index (χ4v) is 6.98. The molecule has 3 amide bonds. The van der Waals surface area contributed by atoms with E-state index in [0.717, 1.165) is 33.6 Å². The number of Topliss-reactive ketones (excluding diaryl/α,β-unsaturated/α-hetero) is 1. The highest BCUT2D eigenvalue weighted by Gasteiger charge is 2.63. The summed E-state index contributed by atoms with van der Waals surface area (Å²) in [5.41, 5.74) is 5.21. The zero-order valence-electron chi connectivity index (χ0n) is 23.5. The first kappa shape index (κ1) is 27.6. The molecule has 1 heterocycles. The highest BCUT2D eigenvalue weighted by atomic mass is 16.5. The molecule has 1 aliphatic heterocycles. The van der Waals surface area contributed by atoms with Crippen molar-refractivity contribution in [1.82, 2.24) is 4.90 Å². The number of carbonyl (C=O) groups is 5. The van der Waals surface area contributed by atoms with E-state index in [1.54, 1.807) is 24.3 Å². The minimum Gasteiger partial charge on any atom is -0.454 e. The summed E-state index contributed by atoms with van der Waals surface area (Å²) in [5.74, 6) is -3.84. The first-order valence-electron chi connectivity index (χ1n) is 14.4. The van der Waals surface area contributed by atoms with Gasteiger partial charge in [-0.2, -0.15) is 0 Å². The summed E-state index contributed by atoms with van der Waals surface area (Å²) in [4.78, 5) is 66.9. The van der Waals surface area contributed by atoms with Gasteiger partial charge in [0, 0.05) is 23.1 Å². The van der Waals surface area contributed by atoms with Gasteiger partial charge in [-0.25, -0.2) is 4.79 Å². The fourth-order valence-electron chi connectivity index (χ4n) is 6.98. The molecule has 4 aliphatic rings. The van der Waals surface area contributed by atoms with Crippen LogP contribution in [0.1, 0.15) is 77.6 Å². The Hall–Kier alpha value is -4.59. The number of ether oxygens (including phenoxy) is 1. The van der Waals surface area contributed by atoms with Gasteiger partial charge in [-0.3, -0.25) is 24.1 Å². The number of hydrogen-bond acceptors (Lipinski definition) is 6. The van der Waals surface area contributed by atoms with Crippen molar-refractivity contribution in [1.29, 1.82) is 0 Å². The zero-order valence-corrected chi connectivity index (χ0v) is 23.5. The van der Waals surface area contributed by atoms with Gasteiger partial charge in [-0.15, -0.1) is 0 Å². The van der Waals surface area contributed by atoms with Crippen LogP contribution in [0.5, 0.6) is 0 Å². The number of esters is 1. The SMILES string of the molecule is CCCC[C@H](C(=O)OCC(=O)Nc1ccc(C(C)=O)cc1)N1C(=O)[C@H]2C3c4ccccc4C(c4ccccc43)[C@@H]2C1=O. The minimum atomic E-state index is -1.11. The molecule has 8 nitrogen and oxygen atoms in total. The summed E-state index contributed by atoms with van der Waals surface area (Å²) in [7, 11) is 0. The fraction of sp³-hybridized carbons (Fsp3) is 0.324. The van der Waals surface area contributed by atoms with Crippen molar-refractivity contribution in [2.24, 2.45) is 11.8 Å². The predicted octanol–water partition coefficient (Wildman–Crippen LogP) is 4.82. The van der Waals surface area contributed by atoms with Crippen LogP contribution >= 0.6 is 0 Å². The summed E-state index contributed by atoms with van der Waals surface area (Å²) in [6.07, 6.45) is 1.62. The predicted molar refractivity (Wildman–Crippen MR) is 155 cm³/mol. The number of nitrogens with one attached hydrogen (secondary N) is 1. The molecule has 2 bridgehead atoms. The van der Waals surface area contributed by atoms with Gasteiger partial charge < -0.3 is 10.1 Å². The maximum absolute atomic E-state index is 14.1. The first-order valence-corrected chi connectivity index (χ1v) is 14.4. The summed E-state index contributed by atoms with van der Waals surface area (Å²) in [6, 6.07) is 21.2. The summed E-state index contributed by atoms with van der Waals surface area (Å²) < 4.78 is 5.40. The maximum Gasteiger partial charge on any atom is 0.329 e. The van der Waals surface area contributed by atoms with E-state index in [1.165, 1.54) is 6.92 Å². The van der Waals surface area contributed by atoms with E-state index in [2.05, 4.69) is 5.32 Å². The molecule has 42 heavy (non-hydrogen) atoms. The molecule has 3 aliphatic carbocycles. The molecule has 0 saturated carbocycles. The number of amides is 3. The molecule has 0 spiro atoms. The lowest BCUT2D eigenvalue weighted by Gasteiger charge is -2.45. The standard InChI is InChI=1S/C34H32N2O6/c1-3-4-13-26(34(41)42-18-27(38)35-21-16-14-20(15-17-21)19(2)37)36-32(39)30-28-22-9-5-6-10-23(22)29(31(30)33(36)40)25-12-8-7-11-24(25)28/h5-12,14-17,26,28-31H,3-4,13,18H2,1-2H3,(H,35,38)/t26-,28?,29?,30+,31+/m1/s1. The van der Waals surface area contributed by atoms with Gasteiger partial charge in [-0.05, 0) is 59.9 Å². The average molecular weight is 565 g/mol. The molecule has 3 aromatic carbocycles. The quantitative estimate of drug-likeness (QED) is 0.227. The van der Waals surface area contributed by atoms with Crippen LogP contribution in [-0.2, 0) is 23.9 Å². The molecule has 214 valence electrons. The molecule has 1 fully saturated rings. The van der Waals surface area contributed by atoms with Crippen molar-refractivity contribution in [3.05, 3.63) is 101 Å². The first-order chi connectivity index (χ1) is 20.3. The molecule has 0 radical (unpaired) electrons. The largest absolute Gasteiger partial charge is 0.454 e. The molecule has 8 heteroatoms. The number of imide groups is 1. The van der Waals surface area contributed by atoms with Gasteiger partial charge >= 0.3 is 5.97 Å². The molecule has 1 saturated heterocycles. The summed E-state index contributed by atoms with van der Waals surface area (Å²) in [5, 5.41) is 2.64. The van der Waals surface area contributed by atoms with Gasteiger partial charge in [0.15, 0.2) is 12.4 Å². The normalized spacial score (nSPS) is 22.2. The highest BCUT2D eigenvalue weighted by molar-refractivity contribution is 6.10. The minimum absolute atomic E-state index is 0.0912. The van der Waals surface area contributed by atoms with E-state index < -0.39 is 36.4 Å². The second-order valence-electron chi connectivity index (χ2n) is 11.3. The summed E-state index contributed by atoms with van der Waals surface area (Å²) in [6.45, 7) is 2.85. The van der Waals surface area contributed by atoms with Crippen molar-refractivity contribution in [2.75, 3.05) is 11.9 Å². The molecule has 3 atom stereocenters. The smallest absolute Gasteiger partial charge is 0.329 e. The van der Waals surface area contributed by atoms with Crippen molar-refractivity contribution in [3.8, 4) is 0 Å². The Morgan fingerprint density at radius 1 is 0.810 bits per heavy atom. The lowest BCUT2D eigenvalue weighted by Crippen LogP contribution is -2.47. The van der Waals surface area contributed by atoms with Crippen LogP contribution in [0, 0.1) is 11.8 Å². The third kappa shape index (κ3) is 4.51. The number of likely N-dealkylation sites (tertiary alicyclic amines) is 1. The van der Waals surface area contributed by atoms with Crippen LogP contribution in [0.15, 0.2) is 72.8 Å². The van der Waals surface area contributed by atoms with Gasteiger partial charge in [0.1, 0.15) is 6.04 Å². The van der Waals surface area contributed by atoms with Crippen molar-refractivity contribution in [3.63, 3.8) is 0 Å². The number of nitrogens with zero attached hydrogens (tertiary/aromatic N) is 1. The molecule has 3 aromatic rings. The van der Waals surface area contributed by atoms with E-state index in [1.807, 2.05) is 55.5 Å². The summed E-state index contributed by atoms with van der Waals surface area (Å²) >= 11 is 0. The van der Waals surface area contributed by atoms with Crippen molar-refractivity contribution < 1.29 is 28.7 Å². The Morgan fingerprint density at radius 3 is 1.76 bits per heavy atom. The Balaban J connectivity index is 1.23. The lowest BCUT2D eigenvalue weighted by molar-refractivity contribution is -0.160. The molecular formula is C34H32N2O6. The van der Waals surface area contributed by atoms with Gasteiger partial charge in [0.05, 0.1) is 11.8 Å². The maximum atomic E-state index is 14.1. The van der Waals surface area contributed by atoms with E-state index in [9.17, 15) is 24.0 Å². The topological polar surface area (TPSA) is 110 Å². The van der Waals surface area contributed by atoms with E-state index in [-0.39, 0.29) is 35.9 Å². The number of unbranched alkanes of at least 4 members (excludes halogenated alkanes) is 1. The van der Waals surface area contributed by atoms with Crippen LogP contribution in [0.4, 0.5) is 5.69 Å². The van der Waals surface area contributed by atoms with Crippen LogP contribution in [0.3, 0.4) is 0 Å².